The predicted octanol–water partition coefficient (Wildman–Crippen LogP) is 5.80. The van der Waals surface area contributed by atoms with Crippen LogP contribution in [-0.4, -0.2) is 50.5 Å². The van der Waals surface area contributed by atoms with Crippen molar-refractivity contribution in [3.05, 3.63) is 71.4 Å². The van der Waals surface area contributed by atoms with Gasteiger partial charge in [0.1, 0.15) is 11.4 Å². The monoisotopic (exact) mass is 532 g/mol. The minimum absolute atomic E-state index is 0.0473. The largest absolute Gasteiger partial charge is 0.434 e. The summed E-state index contributed by atoms with van der Waals surface area (Å²) in [5.41, 5.74) is 1.14. The molecule has 5 rings (SSSR count). The van der Waals surface area contributed by atoms with Gasteiger partial charge < -0.3 is 10.1 Å². The fraction of sp³-hybridized carbons (Fsp3) is 0.346. The number of halogens is 5. The Morgan fingerprint density at radius 1 is 1.08 bits per heavy atom. The normalized spacial score (nSPS) is 16.8. The smallest absolute Gasteiger partial charge is 0.416 e. The number of rotatable bonds is 7. The standard InChI is InChI=1S/C26H25F5N6O/c1-16-12-21-23(20-10-9-18(26(29,30)31)13-22(20)38-24(27)28)33-34-25(37(21)35-16)32-19-8-5-11-36(15-19)14-17-6-3-2-4-7-17/h2-4,6-7,9-10,12-13,19,24H,5,8,11,14-15H2,1H3,(H,32,34). The summed E-state index contributed by atoms with van der Waals surface area (Å²) in [5, 5.41) is 16.3. The van der Waals surface area contributed by atoms with Gasteiger partial charge in [0.15, 0.2) is 0 Å². The first-order chi connectivity index (χ1) is 18.2. The van der Waals surface area contributed by atoms with Crippen LogP contribution >= 0.6 is 0 Å². The van der Waals surface area contributed by atoms with Crippen molar-refractivity contribution in [1.29, 1.82) is 0 Å². The number of aryl methyl sites for hydroxylation is 1. The van der Waals surface area contributed by atoms with Gasteiger partial charge in [-0.05, 0) is 56.1 Å². The molecule has 200 valence electrons. The second-order valence-corrected chi connectivity index (χ2v) is 9.25. The highest BCUT2D eigenvalue weighted by Crippen LogP contribution is 2.38. The number of ether oxygens (including phenoxy) is 1. The molecular weight excluding hydrogens is 507 g/mol. The molecular formula is C26H25F5N6O. The summed E-state index contributed by atoms with van der Waals surface area (Å²) in [6, 6.07) is 14.3. The van der Waals surface area contributed by atoms with Gasteiger partial charge in [0, 0.05) is 24.7 Å². The lowest BCUT2D eigenvalue weighted by Crippen LogP contribution is -2.42. The topological polar surface area (TPSA) is 67.6 Å². The average Bonchev–Trinajstić information content (AvgIpc) is 3.26. The molecule has 2 aromatic carbocycles. The van der Waals surface area contributed by atoms with E-state index in [1.165, 1.54) is 10.1 Å². The molecule has 0 spiro atoms. The zero-order chi connectivity index (χ0) is 26.9. The molecule has 1 N–H and O–H groups in total. The van der Waals surface area contributed by atoms with Gasteiger partial charge in [-0.25, -0.2) is 0 Å². The molecule has 2 aromatic heterocycles. The van der Waals surface area contributed by atoms with E-state index in [0.29, 0.717) is 23.2 Å². The Labute approximate surface area is 215 Å². The number of fused-ring (bicyclic) bond motifs is 1. The number of nitrogens with zero attached hydrogens (tertiary/aromatic N) is 5. The van der Waals surface area contributed by atoms with Crippen LogP contribution in [-0.2, 0) is 12.7 Å². The van der Waals surface area contributed by atoms with E-state index in [9.17, 15) is 22.0 Å². The Balaban J connectivity index is 1.44. The molecule has 1 unspecified atom stereocenters. The van der Waals surface area contributed by atoms with Gasteiger partial charge in [-0.1, -0.05) is 30.3 Å². The van der Waals surface area contributed by atoms with E-state index in [4.69, 9.17) is 0 Å². The van der Waals surface area contributed by atoms with Crippen molar-refractivity contribution >= 4 is 11.5 Å². The molecule has 4 aromatic rings. The van der Waals surface area contributed by atoms with Crippen LogP contribution in [0.5, 0.6) is 5.75 Å². The molecule has 1 fully saturated rings. The van der Waals surface area contributed by atoms with E-state index in [0.717, 1.165) is 44.6 Å². The summed E-state index contributed by atoms with van der Waals surface area (Å²) in [4.78, 5) is 2.35. The predicted molar refractivity (Wildman–Crippen MR) is 131 cm³/mol. The third-order valence-electron chi connectivity index (χ3n) is 6.39. The molecule has 12 heteroatoms. The third-order valence-corrected chi connectivity index (χ3v) is 6.39. The highest BCUT2D eigenvalue weighted by molar-refractivity contribution is 5.81. The lowest BCUT2D eigenvalue weighted by Gasteiger charge is -2.33. The van der Waals surface area contributed by atoms with Gasteiger partial charge in [-0.15, -0.1) is 10.2 Å². The molecule has 7 nitrogen and oxygen atoms in total. The summed E-state index contributed by atoms with van der Waals surface area (Å²) in [7, 11) is 0. The molecule has 0 bridgehead atoms. The van der Waals surface area contributed by atoms with Gasteiger partial charge in [0.25, 0.3) is 0 Å². The van der Waals surface area contributed by atoms with Crippen LogP contribution in [0.25, 0.3) is 16.8 Å². The second-order valence-electron chi connectivity index (χ2n) is 9.25. The van der Waals surface area contributed by atoms with Crippen LogP contribution < -0.4 is 10.1 Å². The molecule has 1 aliphatic rings. The van der Waals surface area contributed by atoms with E-state index in [1.807, 2.05) is 18.2 Å². The van der Waals surface area contributed by atoms with E-state index in [1.54, 1.807) is 13.0 Å². The molecule has 1 aliphatic heterocycles. The minimum atomic E-state index is -4.73. The van der Waals surface area contributed by atoms with Crippen molar-refractivity contribution in [2.75, 3.05) is 18.4 Å². The highest BCUT2D eigenvalue weighted by Gasteiger charge is 2.32. The molecule has 0 aliphatic carbocycles. The first-order valence-electron chi connectivity index (χ1n) is 12.1. The molecule has 1 saturated heterocycles. The van der Waals surface area contributed by atoms with Gasteiger partial charge in [-0.2, -0.15) is 31.6 Å². The van der Waals surface area contributed by atoms with E-state index in [2.05, 4.69) is 42.4 Å². The Morgan fingerprint density at radius 2 is 1.87 bits per heavy atom. The number of piperidine rings is 1. The lowest BCUT2D eigenvalue weighted by molar-refractivity contribution is -0.138. The maximum Gasteiger partial charge on any atom is 0.416 e. The van der Waals surface area contributed by atoms with Crippen molar-refractivity contribution in [3.8, 4) is 17.0 Å². The summed E-state index contributed by atoms with van der Waals surface area (Å²) in [6.45, 7) is 0.978. The number of likely N-dealkylation sites (tertiary alicyclic amines) is 1. The SMILES string of the molecule is Cc1cc2c(-c3ccc(C(F)(F)F)cc3OC(F)F)nnc(NC3CCCN(Cc4ccccc4)C3)n2n1. The Hall–Kier alpha value is -3.80. The molecule has 0 saturated carbocycles. The maximum atomic E-state index is 13.2. The number of aromatic nitrogens is 4. The molecule has 3 heterocycles. The molecule has 1 atom stereocenters. The van der Waals surface area contributed by atoms with E-state index in [-0.39, 0.29) is 17.3 Å². The van der Waals surface area contributed by atoms with Gasteiger partial charge in [0.2, 0.25) is 5.95 Å². The van der Waals surface area contributed by atoms with E-state index >= 15 is 0 Å². The quantitative estimate of drug-likeness (QED) is 0.304. The van der Waals surface area contributed by atoms with Crippen LogP contribution in [0.1, 0.15) is 29.7 Å². The first kappa shape index (κ1) is 25.8. The van der Waals surface area contributed by atoms with Crippen LogP contribution in [0.3, 0.4) is 0 Å². The average molecular weight is 533 g/mol. The first-order valence-corrected chi connectivity index (χ1v) is 12.1. The summed E-state index contributed by atoms with van der Waals surface area (Å²) < 4.78 is 71.8. The number of hydrogen-bond donors (Lipinski definition) is 1. The summed E-state index contributed by atoms with van der Waals surface area (Å²) in [6.07, 6.45) is -2.84. The minimum Gasteiger partial charge on any atom is -0.434 e. The Kier molecular flexibility index (Phi) is 7.15. The number of benzene rings is 2. The molecule has 0 radical (unpaired) electrons. The number of nitrogens with one attached hydrogen (secondary N) is 1. The highest BCUT2D eigenvalue weighted by atomic mass is 19.4. The van der Waals surface area contributed by atoms with Crippen molar-refractivity contribution in [1.82, 2.24) is 24.7 Å². The summed E-state index contributed by atoms with van der Waals surface area (Å²) in [5.74, 6) is -0.291. The van der Waals surface area contributed by atoms with Crippen LogP contribution in [0.2, 0.25) is 0 Å². The van der Waals surface area contributed by atoms with Crippen molar-refractivity contribution in [2.24, 2.45) is 0 Å². The summed E-state index contributed by atoms with van der Waals surface area (Å²) >= 11 is 0. The van der Waals surface area contributed by atoms with Crippen LogP contribution in [0.4, 0.5) is 27.9 Å². The van der Waals surface area contributed by atoms with Gasteiger partial charge in [0.05, 0.1) is 16.8 Å². The van der Waals surface area contributed by atoms with Crippen LogP contribution in [0.15, 0.2) is 54.6 Å². The van der Waals surface area contributed by atoms with Gasteiger partial charge >= 0.3 is 12.8 Å². The van der Waals surface area contributed by atoms with Crippen molar-refractivity contribution < 1.29 is 26.7 Å². The van der Waals surface area contributed by atoms with E-state index < -0.39 is 24.1 Å². The third kappa shape index (κ3) is 5.69. The Bertz CT molecular complexity index is 1410. The Morgan fingerprint density at radius 3 is 2.61 bits per heavy atom. The van der Waals surface area contributed by atoms with Crippen molar-refractivity contribution in [3.63, 3.8) is 0 Å². The second kappa shape index (κ2) is 10.5. The molecule has 0 amide bonds. The number of alkyl halides is 5. The number of anilines is 1. The van der Waals surface area contributed by atoms with Crippen LogP contribution in [0, 0.1) is 6.92 Å². The fourth-order valence-corrected chi connectivity index (χ4v) is 4.73. The lowest BCUT2D eigenvalue weighted by atomic mass is 10.0. The zero-order valence-electron chi connectivity index (χ0n) is 20.4. The van der Waals surface area contributed by atoms with Gasteiger partial charge in [-0.3, -0.25) is 4.90 Å². The zero-order valence-corrected chi connectivity index (χ0v) is 20.4. The maximum absolute atomic E-state index is 13.2. The molecule has 38 heavy (non-hydrogen) atoms. The fourth-order valence-electron chi connectivity index (χ4n) is 4.73. The van der Waals surface area contributed by atoms with Crippen molar-refractivity contribution in [2.45, 2.75) is 45.1 Å². The number of hydrogen-bond acceptors (Lipinski definition) is 6.